The van der Waals surface area contributed by atoms with Crippen molar-refractivity contribution in [3.8, 4) is 17.2 Å². The van der Waals surface area contributed by atoms with Crippen LogP contribution >= 0.6 is 11.8 Å². The smallest absolute Gasteiger partial charge is 0.335 e. The maximum atomic E-state index is 13.5. The molecule has 3 aromatic carbocycles. The van der Waals surface area contributed by atoms with E-state index >= 15 is 0 Å². The third-order valence-electron chi connectivity index (χ3n) is 5.43. The average molecular weight is 505 g/mol. The number of amides is 1. The number of aliphatic imine (C=N–C) groups is 1. The fourth-order valence-electron chi connectivity index (χ4n) is 3.59. The molecular formula is C27H24N2O6S. The number of carbonyl (C=O) groups excluding carboxylic acids is 1. The largest absolute Gasteiger partial charge is 0.496 e. The molecule has 1 saturated heterocycles. The molecule has 0 aromatic heterocycles. The topological polar surface area (TPSA) is 97.7 Å². The van der Waals surface area contributed by atoms with Crippen LogP contribution in [0.5, 0.6) is 17.2 Å². The zero-order valence-electron chi connectivity index (χ0n) is 19.9. The number of benzene rings is 3. The monoisotopic (exact) mass is 504 g/mol. The summed E-state index contributed by atoms with van der Waals surface area (Å²) in [6.07, 6.45) is 1.74. The molecule has 1 aliphatic heterocycles. The lowest BCUT2D eigenvalue weighted by Gasteiger charge is -2.16. The molecule has 0 bridgehead atoms. The van der Waals surface area contributed by atoms with E-state index in [0.29, 0.717) is 38.6 Å². The van der Waals surface area contributed by atoms with Crippen molar-refractivity contribution in [1.29, 1.82) is 0 Å². The van der Waals surface area contributed by atoms with Gasteiger partial charge >= 0.3 is 5.97 Å². The van der Waals surface area contributed by atoms with E-state index in [0.717, 1.165) is 5.56 Å². The highest BCUT2D eigenvalue weighted by Crippen LogP contribution is 2.40. The summed E-state index contributed by atoms with van der Waals surface area (Å²) in [5.74, 6) is 0.315. The number of aromatic carboxylic acids is 1. The lowest BCUT2D eigenvalue weighted by atomic mass is 10.1. The highest BCUT2D eigenvalue weighted by atomic mass is 32.2. The van der Waals surface area contributed by atoms with Gasteiger partial charge in [-0.2, -0.15) is 0 Å². The fourth-order valence-corrected chi connectivity index (χ4v) is 4.57. The Morgan fingerprint density at radius 2 is 1.58 bits per heavy atom. The number of thioether (sulfide) groups is 1. The minimum atomic E-state index is -1.00. The van der Waals surface area contributed by atoms with Gasteiger partial charge in [0, 0.05) is 11.6 Å². The molecule has 0 saturated carbocycles. The number of nitrogens with zero attached hydrogens (tertiary/aromatic N) is 2. The van der Waals surface area contributed by atoms with Gasteiger partial charge < -0.3 is 19.3 Å². The second kappa shape index (κ2) is 11.0. The van der Waals surface area contributed by atoms with E-state index in [1.165, 1.54) is 23.9 Å². The molecule has 1 fully saturated rings. The normalized spacial score (nSPS) is 15.4. The van der Waals surface area contributed by atoms with Crippen LogP contribution in [-0.2, 0) is 11.3 Å². The number of carboxylic acids is 1. The molecule has 9 heteroatoms. The van der Waals surface area contributed by atoms with E-state index in [9.17, 15) is 14.7 Å². The molecule has 1 aliphatic rings. The second-order valence-electron chi connectivity index (χ2n) is 7.68. The lowest BCUT2D eigenvalue weighted by molar-refractivity contribution is -0.122. The quantitative estimate of drug-likeness (QED) is 0.420. The number of carboxylic acid groups (broad SMARTS) is 1. The molecule has 1 amide bonds. The Morgan fingerprint density at radius 1 is 0.944 bits per heavy atom. The molecule has 4 rings (SSSR count). The van der Waals surface area contributed by atoms with Gasteiger partial charge in [-0.25, -0.2) is 9.79 Å². The Hall–Kier alpha value is -4.24. The molecule has 0 unspecified atom stereocenters. The third kappa shape index (κ3) is 5.36. The van der Waals surface area contributed by atoms with Crippen molar-refractivity contribution >= 4 is 40.6 Å². The summed E-state index contributed by atoms with van der Waals surface area (Å²) in [5.41, 5.74) is 2.32. The number of hydrogen-bond donors (Lipinski definition) is 1. The fraction of sp³-hybridized carbons (Fsp3) is 0.148. The Kier molecular flexibility index (Phi) is 7.60. The molecule has 0 spiro atoms. The molecular weight excluding hydrogens is 480 g/mol. The first-order valence-corrected chi connectivity index (χ1v) is 11.7. The molecule has 8 nitrogen and oxygen atoms in total. The average Bonchev–Trinajstić information content (AvgIpc) is 3.18. The Labute approximate surface area is 212 Å². The van der Waals surface area contributed by atoms with Gasteiger partial charge in [-0.1, -0.05) is 30.3 Å². The molecule has 1 heterocycles. The lowest BCUT2D eigenvalue weighted by Crippen LogP contribution is -2.28. The number of amidine groups is 1. The maximum Gasteiger partial charge on any atom is 0.335 e. The SMILES string of the molecule is COc1cc(OC)c(OC)cc1/C=C1\SC(=Nc2ccccc2)N(Cc2ccc(C(=O)O)cc2)C1=O. The van der Waals surface area contributed by atoms with E-state index in [-0.39, 0.29) is 18.0 Å². The second-order valence-corrected chi connectivity index (χ2v) is 8.69. The van der Waals surface area contributed by atoms with Gasteiger partial charge in [0.25, 0.3) is 5.91 Å². The van der Waals surface area contributed by atoms with Crippen LogP contribution in [-0.4, -0.2) is 48.4 Å². The van der Waals surface area contributed by atoms with E-state index in [2.05, 4.69) is 0 Å². The third-order valence-corrected chi connectivity index (χ3v) is 6.44. The predicted molar refractivity (Wildman–Crippen MR) is 139 cm³/mol. The number of para-hydroxylation sites is 1. The van der Waals surface area contributed by atoms with Gasteiger partial charge in [0.2, 0.25) is 0 Å². The van der Waals surface area contributed by atoms with Crippen molar-refractivity contribution in [1.82, 2.24) is 4.90 Å². The van der Waals surface area contributed by atoms with E-state index in [1.54, 1.807) is 56.6 Å². The molecule has 0 radical (unpaired) electrons. The first-order valence-electron chi connectivity index (χ1n) is 10.9. The van der Waals surface area contributed by atoms with E-state index < -0.39 is 5.97 Å². The summed E-state index contributed by atoms with van der Waals surface area (Å²) in [6.45, 7) is 0.234. The summed E-state index contributed by atoms with van der Waals surface area (Å²) in [5, 5.41) is 9.69. The van der Waals surface area contributed by atoms with Gasteiger partial charge in [-0.05, 0) is 53.7 Å². The maximum absolute atomic E-state index is 13.5. The zero-order chi connectivity index (χ0) is 25.7. The van der Waals surface area contributed by atoms with Crippen molar-refractivity contribution in [2.75, 3.05) is 21.3 Å². The van der Waals surface area contributed by atoms with Crippen molar-refractivity contribution in [3.05, 3.63) is 88.3 Å². The van der Waals surface area contributed by atoms with Crippen molar-refractivity contribution in [2.45, 2.75) is 6.54 Å². The minimum Gasteiger partial charge on any atom is -0.496 e. The van der Waals surface area contributed by atoms with Crippen LogP contribution < -0.4 is 14.2 Å². The van der Waals surface area contributed by atoms with Crippen LogP contribution in [0.1, 0.15) is 21.5 Å². The van der Waals surface area contributed by atoms with Gasteiger partial charge in [0.1, 0.15) is 5.75 Å². The van der Waals surface area contributed by atoms with Crippen LogP contribution in [0.25, 0.3) is 6.08 Å². The highest BCUT2D eigenvalue weighted by Gasteiger charge is 2.34. The van der Waals surface area contributed by atoms with E-state index in [1.807, 2.05) is 30.3 Å². The van der Waals surface area contributed by atoms with Gasteiger partial charge in [-0.15, -0.1) is 0 Å². The summed E-state index contributed by atoms with van der Waals surface area (Å²) in [7, 11) is 4.62. The van der Waals surface area contributed by atoms with Gasteiger partial charge in [0.15, 0.2) is 16.7 Å². The standard InChI is InChI=1S/C27H24N2O6S/c1-33-21-15-23(35-3)22(34-2)13-19(21)14-24-25(30)29(16-17-9-11-18(12-10-17)26(31)32)27(36-24)28-20-7-5-4-6-8-20/h4-15H,16H2,1-3H3,(H,31,32)/b24-14-,28-27?. The Balaban J connectivity index is 1.73. The Bertz CT molecular complexity index is 1340. The summed E-state index contributed by atoms with van der Waals surface area (Å²) in [4.78, 5) is 31.5. The number of rotatable bonds is 8. The van der Waals surface area contributed by atoms with Crippen LogP contribution in [0.3, 0.4) is 0 Å². The van der Waals surface area contributed by atoms with Crippen molar-refractivity contribution < 1.29 is 28.9 Å². The first kappa shape index (κ1) is 24.9. The number of methoxy groups -OCH3 is 3. The molecule has 0 aliphatic carbocycles. The molecule has 3 aromatic rings. The minimum absolute atomic E-state index is 0.181. The van der Waals surface area contributed by atoms with Crippen LogP contribution in [0.2, 0.25) is 0 Å². The number of ether oxygens (including phenoxy) is 3. The molecule has 36 heavy (non-hydrogen) atoms. The number of carbonyl (C=O) groups is 2. The van der Waals surface area contributed by atoms with Gasteiger partial charge in [-0.3, -0.25) is 9.69 Å². The van der Waals surface area contributed by atoms with Crippen LogP contribution in [0, 0.1) is 0 Å². The summed E-state index contributed by atoms with van der Waals surface area (Å²) < 4.78 is 16.3. The molecule has 1 N–H and O–H groups in total. The van der Waals surface area contributed by atoms with Crippen LogP contribution in [0.15, 0.2) is 76.6 Å². The number of hydrogen-bond acceptors (Lipinski definition) is 7. The Morgan fingerprint density at radius 3 is 2.19 bits per heavy atom. The molecule has 0 atom stereocenters. The summed E-state index contributed by atoms with van der Waals surface area (Å²) >= 11 is 1.25. The van der Waals surface area contributed by atoms with Gasteiger partial charge in [0.05, 0.1) is 44.0 Å². The highest BCUT2D eigenvalue weighted by molar-refractivity contribution is 8.18. The molecule has 184 valence electrons. The van der Waals surface area contributed by atoms with E-state index in [4.69, 9.17) is 19.2 Å². The van der Waals surface area contributed by atoms with Crippen molar-refractivity contribution in [2.24, 2.45) is 4.99 Å². The van der Waals surface area contributed by atoms with Crippen molar-refractivity contribution in [3.63, 3.8) is 0 Å². The predicted octanol–water partition coefficient (Wildman–Crippen LogP) is 5.21. The first-order chi connectivity index (χ1) is 17.4. The zero-order valence-corrected chi connectivity index (χ0v) is 20.7. The summed E-state index contributed by atoms with van der Waals surface area (Å²) in [6, 6.07) is 19.2. The van der Waals surface area contributed by atoms with Crippen LogP contribution in [0.4, 0.5) is 5.69 Å².